The Kier molecular flexibility index (Phi) is 5.46. The molecule has 1 amide bonds. The molecular formula is C18H28N3O3S+. The molecule has 1 N–H and O–H groups in total. The van der Waals surface area contributed by atoms with Gasteiger partial charge in [-0.15, -0.1) is 0 Å². The average molecular weight is 367 g/mol. The summed E-state index contributed by atoms with van der Waals surface area (Å²) in [6.07, 6.45) is 3.20. The quantitative estimate of drug-likeness (QED) is 0.828. The minimum atomic E-state index is -3.54. The van der Waals surface area contributed by atoms with Crippen LogP contribution in [0.3, 0.4) is 0 Å². The van der Waals surface area contributed by atoms with Gasteiger partial charge >= 0.3 is 0 Å². The summed E-state index contributed by atoms with van der Waals surface area (Å²) >= 11 is 0. The van der Waals surface area contributed by atoms with Crippen LogP contribution in [0.25, 0.3) is 0 Å². The third kappa shape index (κ3) is 3.88. The molecular weight excluding hydrogens is 338 g/mol. The number of nitrogens with zero attached hydrogens (tertiary/aromatic N) is 2. The van der Waals surface area contributed by atoms with Gasteiger partial charge in [0.1, 0.15) is 0 Å². The standard InChI is InChI=1S/C18H27N3O3S/c1-15-6-7-16(25(23,24)21-12-10-19(2)11-13-21)14-17(15)18(22)20-8-4-3-5-9-20/h6-7,14H,3-5,8-13H2,1-2H3/p+1. The van der Waals surface area contributed by atoms with Crippen LogP contribution < -0.4 is 4.90 Å². The first-order chi connectivity index (χ1) is 11.9. The fraction of sp³-hybridized carbons (Fsp3) is 0.611. The van der Waals surface area contributed by atoms with Crippen molar-refractivity contribution in [3.05, 3.63) is 29.3 Å². The Labute approximate surface area is 150 Å². The van der Waals surface area contributed by atoms with Crippen LogP contribution in [-0.4, -0.2) is 69.8 Å². The molecule has 138 valence electrons. The third-order valence-electron chi connectivity index (χ3n) is 5.30. The number of piperazine rings is 1. The SMILES string of the molecule is Cc1ccc(S(=O)(=O)N2CC[NH+](C)CC2)cc1C(=O)N1CCCCC1. The maximum atomic E-state index is 12.9. The second-order valence-electron chi connectivity index (χ2n) is 7.19. The van der Waals surface area contributed by atoms with E-state index in [1.165, 1.54) is 4.90 Å². The number of hydrogen-bond donors (Lipinski definition) is 1. The number of benzene rings is 1. The molecule has 2 fully saturated rings. The van der Waals surface area contributed by atoms with Crippen molar-refractivity contribution in [2.45, 2.75) is 31.1 Å². The number of likely N-dealkylation sites (tertiary alicyclic amines) is 1. The molecule has 1 aromatic rings. The summed E-state index contributed by atoms with van der Waals surface area (Å²) in [7, 11) is -1.47. The molecule has 25 heavy (non-hydrogen) atoms. The highest BCUT2D eigenvalue weighted by atomic mass is 32.2. The van der Waals surface area contributed by atoms with Crippen molar-refractivity contribution in [1.82, 2.24) is 9.21 Å². The van der Waals surface area contributed by atoms with Gasteiger partial charge in [0.2, 0.25) is 10.0 Å². The monoisotopic (exact) mass is 366 g/mol. The number of aryl methyl sites for hydroxylation is 1. The lowest BCUT2D eigenvalue weighted by molar-refractivity contribution is -0.883. The van der Waals surface area contributed by atoms with E-state index in [0.29, 0.717) is 18.7 Å². The molecule has 3 rings (SSSR count). The van der Waals surface area contributed by atoms with Crippen molar-refractivity contribution in [2.24, 2.45) is 0 Å². The number of carbonyl (C=O) groups is 1. The van der Waals surface area contributed by atoms with Crippen LogP contribution in [0.15, 0.2) is 23.1 Å². The minimum absolute atomic E-state index is 0.0444. The van der Waals surface area contributed by atoms with Crippen LogP contribution in [0.4, 0.5) is 0 Å². The second-order valence-corrected chi connectivity index (χ2v) is 9.13. The number of rotatable bonds is 3. The summed E-state index contributed by atoms with van der Waals surface area (Å²) in [6.45, 7) is 6.06. The van der Waals surface area contributed by atoms with Gasteiger partial charge in [-0.1, -0.05) is 6.07 Å². The molecule has 0 aromatic heterocycles. The Balaban J connectivity index is 1.86. The van der Waals surface area contributed by atoms with E-state index in [-0.39, 0.29) is 10.8 Å². The molecule has 6 nitrogen and oxygen atoms in total. The van der Waals surface area contributed by atoms with E-state index >= 15 is 0 Å². The van der Waals surface area contributed by atoms with Gasteiger partial charge in [0, 0.05) is 18.7 Å². The van der Waals surface area contributed by atoms with Gasteiger partial charge in [0.05, 0.1) is 38.1 Å². The maximum Gasteiger partial charge on any atom is 0.254 e. The smallest absolute Gasteiger partial charge is 0.254 e. The highest BCUT2D eigenvalue weighted by Crippen LogP contribution is 2.22. The van der Waals surface area contributed by atoms with Crippen molar-refractivity contribution in [1.29, 1.82) is 0 Å². The van der Waals surface area contributed by atoms with Gasteiger partial charge in [-0.2, -0.15) is 4.31 Å². The van der Waals surface area contributed by atoms with E-state index in [0.717, 1.165) is 51.0 Å². The van der Waals surface area contributed by atoms with Gasteiger partial charge in [-0.3, -0.25) is 4.79 Å². The Bertz CT molecular complexity index is 734. The van der Waals surface area contributed by atoms with E-state index in [4.69, 9.17) is 0 Å². The molecule has 1 aromatic carbocycles. The molecule has 2 aliphatic rings. The van der Waals surface area contributed by atoms with E-state index in [9.17, 15) is 13.2 Å². The molecule has 2 saturated heterocycles. The molecule has 0 bridgehead atoms. The number of nitrogens with one attached hydrogen (secondary N) is 1. The lowest BCUT2D eigenvalue weighted by Crippen LogP contribution is -3.12. The first-order valence-corrected chi connectivity index (χ1v) is 10.5. The predicted octanol–water partition coefficient (Wildman–Crippen LogP) is 0.140. The lowest BCUT2D eigenvalue weighted by atomic mass is 10.1. The summed E-state index contributed by atoms with van der Waals surface area (Å²) < 4.78 is 27.4. The second kappa shape index (κ2) is 7.43. The van der Waals surface area contributed by atoms with Gasteiger partial charge in [0.15, 0.2) is 0 Å². The van der Waals surface area contributed by atoms with Crippen molar-refractivity contribution in [3.63, 3.8) is 0 Å². The number of carbonyl (C=O) groups excluding carboxylic acids is 1. The molecule has 0 spiro atoms. The van der Waals surface area contributed by atoms with Crippen LogP contribution in [0.1, 0.15) is 35.2 Å². The molecule has 0 radical (unpaired) electrons. The summed E-state index contributed by atoms with van der Waals surface area (Å²) in [5.74, 6) is -0.0444. The van der Waals surface area contributed by atoms with E-state index < -0.39 is 10.0 Å². The molecule has 0 saturated carbocycles. The van der Waals surface area contributed by atoms with Crippen LogP contribution in [-0.2, 0) is 10.0 Å². The number of likely N-dealkylation sites (N-methyl/N-ethyl adjacent to an activating group) is 1. The van der Waals surface area contributed by atoms with Gasteiger partial charge in [-0.05, 0) is 43.9 Å². The Hall–Kier alpha value is -1.44. The first-order valence-electron chi connectivity index (χ1n) is 9.11. The molecule has 0 aliphatic carbocycles. The van der Waals surface area contributed by atoms with Crippen molar-refractivity contribution in [2.75, 3.05) is 46.3 Å². The molecule has 2 aliphatic heterocycles. The third-order valence-corrected chi connectivity index (χ3v) is 7.19. The van der Waals surface area contributed by atoms with Gasteiger partial charge < -0.3 is 9.80 Å². The number of amides is 1. The van der Waals surface area contributed by atoms with Crippen molar-refractivity contribution in [3.8, 4) is 0 Å². The molecule has 0 atom stereocenters. The first kappa shape index (κ1) is 18.4. The number of piperidine rings is 1. The Morgan fingerprint density at radius 3 is 2.32 bits per heavy atom. The lowest BCUT2D eigenvalue weighted by Gasteiger charge is -2.30. The number of quaternary nitrogens is 1. The van der Waals surface area contributed by atoms with E-state index in [1.807, 2.05) is 11.8 Å². The van der Waals surface area contributed by atoms with E-state index in [1.54, 1.807) is 22.5 Å². The van der Waals surface area contributed by atoms with Crippen LogP contribution in [0, 0.1) is 6.92 Å². The Morgan fingerprint density at radius 2 is 1.68 bits per heavy atom. The molecule has 2 heterocycles. The van der Waals surface area contributed by atoms with Gasteiger partial charge in [0.25, 0.3) is 5.91 Å². The fourth-order valence-corrected chi connectivity index (χ4v) is 4.98. The zero-order chi connectivity index (χ0) is 18.0. The largest absolute Gasteiger partial charge is 0.339 e. The number of hydrogen-bond acceptors (Lipinski definition) is 3. The summed E-state index contributed by atoms with van der Waals surface area (Å²) in [5.41, 5.74) is 1.35. The summed E-state index contributed by atoms with van der Waals surface area (Å²) in [5, 5.41) is 0. The fourth-order valence-electron chi connectivity index (χ4n) is 3.52. The zero-order valence-corrected chi connectivity index (χ0v) is 15.9. The van der Waals surface area contributed by atoms with Crippen LogP contribution in [0.2, 0.25) is 0 Å². The molecule has 7 heteroatoms. The Morgan fingerprint density at radius 1 is 1.04 bits per heavy atom. The average Bonchev–Trinajstić information content (AvgIpc) is 2.62. The maximum absolute atomic E-state index is 12.9. The van der Waals surface area contributed by atoms with Crippen LogP contribution >= 0.6 is 0 Å². The normalized spacial score (nSPS) is 20.6. The van der Waals surface area contributed by atoms with Crippen molar-refractivity contribution >= 4 is 15.9 Å². The molecule has 0 unspecified atom stereocenters. The topological polar surface area (TPSA) is 62.1 Å². The van der Waals surface area contributed by atoms with E-state index in [2.05, 4.69) is 7.05 Å². The highest BCUT2D eigenvalue weighted by Gasteiger charge is 2.30. The number of sulfonamides is 1. The predicted molar refractivity (Wildman–Crippen MR) is 96.3 cm³/mol. The summed E-state index contributed by atoms with van der Waals surface area (Å²) in [4.78, 5) is 16.3. The zero-order valence-electron chi connectivity index (χ0n) is 15.1. The highest BCUT2D eigenvalue weighted by molar-refractivity contribution is 7.89. The summed E-state index contributed by atoms with van der Waals surface area (Å²) in [6, 6.07) is 4.96. The van der Waals surface area contributed by atoms with Crippen molar-refractivity contribution < 1.29 is 18.1 Å². The van der Waals surface area contributed by atoms with Crippen LogP contribution in [0.5, 0.6) is 0 Å². The van der Waals surface area contributed by atoms with Gasteiger partial charge in [-0.25, -0.2) is 8.42 Å². The minimum Gasteiger partial charge on any atom is -0.339 e.